The Hall–Kier alpha value is -2.12. The van der Waals surface area contributed by atoms with Crippen LogP contribution in [0.15, 0.2) is 35.2 Å². The summed E-state index contributed by atoms with van der Waals surface area (Å²) in [6, 6.07) is 6.35. The smallest absolute Gasteiger partial charge is 0.294 e. The molecule has 0 saturated carbocycles. The monoisotopic (exact) mass is 267 g/mol. The molecule has 0 spiro atoms. The van der Waals surface area contributed by atoms with Gasteiger partial charge in [-0.15, -0.1) is 0 Å². The van der Waals surface area contributed by atoms with E-state index < -0.39 is 16.0 Å². The highest BCUT2D eigenvalue weighted by Crippen LogP contribution is 2.26. The number of hydrogen-bond acceptors (Lipinski definition) is 4. The summed E-state index contributed by atoms with van der Waals surface area (Å²) in [6.07, 6.45) is 0. The van der Waals surface area contributed by atoms with Gasteiger partial charge in [0.1, 0.15) is 5.75 Å². The number of phenols is 1. The minimum absolute atomic E-state index is 0.0536. The van der Waals surface area contributed by atoms with Crippen LogP contribution >= 0.6 is 0 Å². The fraction of sp³-hybridized carbons (Fsp3) is 0. The van der Waals surface area contributed by atoms with E-state index in [-0.39, 0.29) is 16.2 Å². The molecule has 0 heterocycles. The maximum absolute atomic E-state index is 11.0. The molecule has 0 unspecified atom stereocenters. The molecule has 0 saturated heterocycles. The number of amides is 1. The topological polar surface area (TPSA) is 118 Å². The number of aromatic hydroxyl groups is 1. The van der Waals surface area contributed by atoms with Gasteiger partial charge in [-0.3, -0.25) is 9.35 Å². The molecular formula is C11H9NO5S. The van der Waals surface area contributed by atoms with Gasteiger partial charge in [-0.05, 0) is 35.0 Å². The van der Waals surface area contributed by atoms with Gasteiger partial charge in [-0.1, -0.05) is 6.07 Å². The van der Waals surface area contributed by atoms with Crippen molar-refractivity contribution in [2.24, 2.45) is 5.73 Å². The van der Waals surface area contributed by atoms with E-state index in [1.165, 1.54) is 30.3 Å². The van der Waals surface area contributed by atoms with Crippen molar-refractivity contribution in [1.29, 1.82) is 0 Å². The van der Waals surface area contributed by atoms with Gasteiger partial charge in [0, 0.05) is 0 Å². The number of hydrogen-bond donors (Lipinski definition) is 3. The zero-order valence-electron chi connectivity index (χ0n) is 8.99. The summed E-state index contributed by atoms with van der Waals surface area (Å²) in [7, 11) is -4.31. The number of carbonyl (C=O) groups excluding carboxylic acids is 1. The highest BCUT2D eigenvalue weighted by Gasteiger charge is 2.13. The molecule has 94 valence electrons. The normalized spacial score (nSPS) is 11.6. The lowest BCUT2D eigenvalue weighted by atomic mass is 10.1. The average Bonchev–Trinajstić information content (AvgIpc) is 2.25. The van der Waals surface area contributed by atoms with Crippen LogP contribution < -0.4 is 5.73 Å². The van der Waals surface area contributed by atoms with Crippen LogP contribution in [0.5, 0.6) is 5.75 Å². The molecule has 0 radical (unpaired) electrons. The summed E-state index contributed by atoms with van der Waals surface area (Å²) in [5, 5.41) is 10.5. The molecule has 2 rings (SSSR count). The molecule has 0 aliphatic carbocycles. The van der Waals surface area contributed by atoms with Gasteiger partial charge >= 0.3 is 0 Å². The Bertz CT molecular complexity index is 751. The average molecular weight is 267 g/mol. The first-order valence-corrected chi connectivity index (χ1v) is 6.27. The van der Waals surface area contributed by atoms with Gasteiger partial charge in [0.25, 0.3) is 16.0 Å². The zero-order chi connectivity index (χ0) is 13.5. The molecular weight excluding hydrogens is 258 g/mol. The fourth-order valence-corrected chi connectivity index (χ4v) is 2.14. The van der Waals surface area contributed by atoms with E-state index in [9.17, 15) is 18.3 Å². The molecule has 0 bridgehead atoms. The van der Waals surface area contributed by atoms with Crippen molar-refractivity contribution in [3.8, 4) is 5.75 Å². The minimum atomic E-state index is -4.31. The minimum Gasteiger partial charge on any atom is -0.507 e. The molecule has 0 aromatic heterocycles. The highest BCUT2D eigenvalue weighted by molar-refractivity contribution is 7.85. The molecule has 7 heteroatoms. The molecule has 2 aromatic rings. The molecule has 1 amide bonds. The molecule has 18 heavy (non-hydrogen) atoms. The third kappa shape index (κ3) is 2.13. The lowest BCUT2D eigenvalue weighted by molar-refractivity contribution is 0.0998. The predicted octanol–water partition coefficient (Wildman–Crippen LogP) is 0.891. The first kappa shape index (κ1) is 12.3. The number of carbonyl (C=O) groups is 1. The van der Waals surface area contributed by atoms with Crippen molar-refractivity contribution in [2.45, 2.75) is 4.90 Å². The second-order valence-electron chi connectivity index (χ2n) is 3.72. The van der Waals surface area contributed by atoms with Crippen LogP contribution in [0.25, 0.3) is 10.8 Å². The van der Waals surface area contributed by atoms with Crippen LogP contribution in [0.4, 0.5) is 0 Å². The van der Waals surface area contributed by atoms with Crippen molar-refractivity contribution in [2.75, 3.05) is 0 Å². The maximum Gasteiger partial charge on any atom is 0.294 e. The molecule has 0 atom stereocenters. The summed E-state index contributed by atoms with van der Waals surface area (Å²) < 4.78 is 30.8. The molecule has 0 fully saturated rings. The van der Waals surface area contributed by atoms with Gasteiger partial charge in [-0.2, -0.15) is 8.42 Å². The Morgan fingerprint density at radius 3 is 2.33 bits per heavy atom. The standard InChI is InChI=1S/C11H9NO5S/c12-11(14)9-4-6-1-2-8(18(15,16)17)3-7(6)5-10(9)13/h1-5,13H,(H2,12,14)(H,15,16,17). The van der Waals surface area contributed by atoms with Crippen LogP contribution in [0.3, 0.4) is 0 Å². The van der Waals surface area contributed by atoms with E-state index in [4.69, 9.17) is 10.3 Å². The molecule has 2 aromatic carbocycles. The number of primary amides is 1. The molecule has 0 aliphatic rings. The van der Waals surface area contributed by atoms with E-state index in [2.05, 4.69) is 0 Å². The lowest BCUT2D eigenvalue weighted by Gasteiger charge is -2.05. The van der Waals surface area contributed by atoms with Crippen molar-refractivity contribution in [3.63, 3.8) is 0 Å². The van der Waals surface area contributed by atoms with Crippen molar-refractivity contribution >= 4 is 26.8 Å². The second-order valence-corrected chi connectivity index (χ2v) is 5.14. The second kappa shape index (κ2) is 3.97. The molecule has 6 nitrogen and oxygen atoms in total. The van der Waals surface area contributed by atoms with Gasteiger partial charge in [0.05, 0.1) is 10.5 Å². The third-order valence-corrected chi connectivity index (χ3v) is 3.34. The third-order valence-electron chi connectivity index (χ3n) is 2.49. The Balaban J connectivity index is 2.74. The van der Waals surface area contributed by atoms with Gasteiger partial charge < -0.3 is 10.8 Å². The van der Waals surface area contributed by atoms with Crippen LogP contribution in [0.2, 0.25) is 0 Å². The summed E-state index contributed by atoms with van der Waals surface area (Å²) in [6.45, 7) is 0. The van der Waals surface area contributed by atoms with Crippen LogP contribution in [-0.4, -0.2) is 24.0 Å². The molecule has 0 aliphatic heterocycles. The van der Waals surface area contributed by atoms with E-state index in [1.54, 1.807) is 0 Å². The SMILES string of the molecule is NC(=O)c1cc2ccc(S(=O)(=O)O)cc2cc1O. The number of benzene rings is 2. The maximum atomic E-state index is 11.0. The summed E-state index contributed by atoms with van der Waals surface area (Å²) in [5.41, 5.74) is 5.02. The number of fused-ring (bicyclic) bond motifs is 1. The van der Waals surface area contributed by atoms with Crippen LogP contribution in [-0.2, 0) is 10.1 Å². The van der Waals surface area contributed by atoms with Crippen LogP contribution in [0, 0.1) is 0 Å². The van der Waals surface area contributed by atoms with E-state index >= 15 is 0 Å². The van der Waals surface area contributed by atoms with Crippen LogP contribution in [0.1, 0.15) is 10.4 Å². The predicted molar refractivity (Wildman–Crippen MR) is 63.9 cm³/mol. The Kier molecular flexibility index (Phi) is 2.72. The Morgan fingerprint density at radius 2 is 1.78 bits per heavy atom. The van der Waals surface area contributed by atoms with Crippen molar-refractivity contribution in [3.05, 3.63) is 35.9 Å². The van der Waals surface area contributed by atoms with E-state index in [0.29, 0.717) is 10.8 Å². The number of nitrogens with two attached hydrogens (primary N) is 1. The Labute approximate surface area is 102 Å². The van der Waals surface area contributed by atoms with Gasteiger partial charge in [0.2, 0.25) is 0 Å². The zero-order valence-corrected chi connectivity index (χ0v) is 9.81. The number of rotatable bonds is 2. The summed E-state index contributed by atoms with van der Waals surface area (Å²) in [4.78, 5) is 10.7. The Morgan fingerprint density at radius 1 is 1.11 bits per heavy atom. The first-order chi connectivity index (χ1) is 8.29. The first-order valence-electron chi connectivity index (χ1n) is 4.83. The quantitative estimate of drug-likeness (QED) is 0.698. The van der Waals surface area contributed by atoms with Gasteiger partial charge in [-0.25, -0.2) is 0 Å². The lowest BCUT2D eigenvalue weighted by Crippen LogP contribution is -2.11. The van der Waals surface area contributed by atoms with E-state index in [1.807, 2.05) is 0 Å². The largest absolute Gasteiger partial charge is 0.507 e. The summed E-state index contributed by atoms with van der Waals surface area (Å²) in [5.74, 6) is -1.13. The molecule has 4 N–H and O–H groups in total. The summed E-state index contributed by atoms with van der Waals surface area (Å²) >= 11 is 0. The van der Waals surface area contributed by atoms with Crippen molar-refractivity contribution in [1.82, 2.24) is 0 Å². The fourth-order valence-electron chi connectivity index (χ4n) is 1.62. The van der Waals surface area contributed by atoms with Crippen molar-refractivity contribution < 1.29 is 22.9 Å². The van der Waals surface area contributed by atoms with E-state index in [0.717, 1.165) is 0 Å². The van der Waals surface area contributed by atoms with Gasteiger partial charge in [0.15, 0.2) is 0 Å². The highest BCUT2D eigenvalue weighted by atomic mass is 32.2.